The Morgan fingerprint density at radius 2 is 1.87 bits per heavy atom. The van der Waals surface area contributed by atoms with Crippen LogP contribution in [0.2, 0.25) is 0 Å². The molecule has 0 atom stereocenters. The SMILES string of the molecule is O=C(CNC(=O)c1ccc2c(c1)OCCO2)NCc1ccco1. The fraction of sp³-hybridized carbons (Fsp3) is 0.250. The standard InChI is InChI=1S/C16H16N2O5/c19-15(17-9-12-2-1-5-21-12)10-18-16(20)11-3-4-13-14(8-11)23-7-6-22-13/h1-5,8H,6-7,9-10H2,(H,17,19)(H,18,20). The zero-order valence-electron chi connectivity index (χ0n) is 12.3. The van der Waals surface area contributed by atoms with Crippen molar-refractivity contribution in [2.75, 3.05) is 19.8 Å². The first-order valence-corrected chi connectivity index (χ1v) is 7.19. The van der Waals surface area contributed by atoms with E-state index in [4.69, 9.17) is 13.9 Å². The van der Waals surface area contributed by atoms with Crippen LogP contribution in [0.1, 0.15) is 16.1 Å². The maximum absolute atomic E-state index is 12.1. The van der Waals surface area contributed by atoms with Crippen LogP contribution in [0.25, 0.3) is 0 Å². The molecule has 0 bridgehead atoms. The number of hydrogen-bond acceptors (Lipinski definition) is 5. The van der Waals surface area contributed by atoms with Crippen molar-refractivity contribution in [2.45, 2.75) is 6.54 Å². The van der Waals surface area contributed by atoms with Gasteiger partial charge in [0, 0.05) is 5.56 Å². The molecule has 2 heterocycles. The largest absolute Gasteiger partial charge is 0.486 e. The lowest BCUT2D eigenvalue weighted by Crippen LogP contribution is -2.36. The lowest BCUT2D eigenvalue weighted by atomic mass is 10.2. The molecule has 0 saturated carbocycles. The van der Waals surface area contributed by atoms with E-state index in [1.54, 1.807) is 30.3 Å². The fourth-order valence-corrected chi connectivity index (χ4v) is 2.11. The first-order valence-electron chi connectivity index (χ1n) is 7.19. The Morgan fingerprint density at radius 1 is 1.04 bits per heavy atom. The van der Waals surface area contributed by atoms with Gasteiger partial charge in [0.2, 0.25) is 5.91 Å². The van der Waals surface area contributed by atoms with E-state index in [1.807, 2.05) is 0 Å². The van der Waals surface area contributed by atoms with Gasteiger partial charge in [-0.15, -0.1) is 0 Å². The minimum absolute atomic E-state index is 0.117. The quantitative estimate of drug-likeness (QED) is 0.862. The van der Waals surface area contributed by atoms with E-state index in [1.165, 1.54) is 6.26 Å². The number of ether oxygens (including phenoxy) is 2. The van der Waals surface area contributed by atoms with E-state index in [0.717, 1.165) is 0 Å². The molecule has 2 N–H and O–H groups in total. The average molecular weight is 316 g/mol. The van der Waals surface area contributed by atoms with E-state index in [2.05, 4.69) is 10.6 Å². The van der Waals surface area contributed by atoms with Crippen LogP contribution >= 0.6 is 0 Å². The van der Waals surface area contributed by atoms with Gasteiger partial charge < -0.3 is 24.5 Å². The van der Waals surface area contributed by atoms with Gasteiger partial charge in [0.05, 0.1) is 19.4 Å². The molecule has 2 amide bonds. The molecular formula is C16H16N2O5. The first-order chi connectivity index (χ1) is 11.2. The molecule has 1 aliphatic heterocycles. The van der Waals surface area contributed by atoms with E-state index in [9.17, 15) is 9.59 Å². The smallest absolute Gasteiger partial charge is 0.251 e. The lowest BCUT2D eigenvalue weighted by Gasteiger charge is -2.18. The second kappa shape index (κ2) is 6.87. The van der Waals surface area contributed by atoms with Crippen molar-refractivity contribution in [3.63, 3.8) is 0 Å². The summed E-state index contributed by atoms with van der Waals surface area (Å²) in [6.07, 6.45) is 1.53. The summed E-state index contributed by atoms with van der Waals surface area (Å²) >= 11 is 0. The Balaban J connectivity index is 1.50. The molecule has 23 heavy (non-hydrogen) atoms. The van der Waals surface area contributed by atoms with Gasteiger partial charge >= 0.3 is 0 Å². The molecule has 2 aromatic rings. The predicted octanol–water partition coefficient (Wildman–Crippen LogP) is 1.10. The van der Waals surface area contributed by atoms with Gasteiger partial charge in [0.25, 0.3) is 5.91 Å². The van der Waals surface area contributed by atoms with E-state index >= 15 is 0 Å². The monoisotopic (exact) mass is 316 g/mol. The summed E-state index contributed by atoms with van der Waals surface area (Å²) in [6.45, 7) is 1.11. The van der Waals surface area contributed by atoms with Crippen LogP contribution in [0.15, 0.2) is 41.0 Å². The highest BCUT2D eigenvalue weighted by atomic mass is 16.6. The van der Waals surface area contributed by atoms with E-state index in [0.29, 0.717) is 36.0 Å². The lowest BCUT2D eigenvalue weighted by molar-refractivity contribution is -0.120. The number of carbonyl (C=O) groups excluding carboxylic acids is 2. The summed E-state index contributed by atoms with van der Waals surface area (Å²) in [5.74, 6) is 1.15. The number of fused-ring (bicyclic) bond motifs is 1. The molecule has 1 aromatic heterocycles. The normalized spacial score (nSPS) is 12.5. The van der Waals surface area contributed by atoms with Gasteiger partial charge in [0.1, 0.15) is 19.0 Å². The average Bonchev–Trinajstić information content (AvgIpc) is 3.11. The summed E-state index contributed by atoms with van der Waals surface area (Å²) in [4.78, 5) is 23.8. The van der Waals surface area contributed by atoms with Crippen LogP contribution in [0.3, 0.4) is 0 Å². The third kappa shape index (κ3) is 3.82. The molecule has 0 unspecified atom stereocenters. The van der Waals surface area contributed by atoms with Crippen molar-refractivity contribution in [2.24, 2.45) is 0 Å². The number of carbonyl (C=O) groups is 2. The second-order valence-corrected chi connectivity index (χ2v) is 4.90. The van der Waals surface area contributed by atoms with Gasteiger partial charge in [-0.1, -0.05) is 0 Å². The van der Waals surface area contributed by atoms with Crippen molar-refractivity contribution < 1.29 is 23.5 Å². The van der Waals surface area contributed by atoms with Crippen molar-refractivity contribution >= 4 is 11.8 Å². The molecule has 1 aromatic carbocycles. The molecule has 0 fully saturated rings. The van der Waals surface area contributed by atoms with Crippen LogP contribution in [-0.4, -0.2) is 31.6 Å². The van der Waals surface area contributed by atoms with Gasteiger partial charge in [-0.05, 0) is 30.3 Å². The third-order valence-corrected chi connectivity index (χ3v) is 3.25. The molecule has 0 radical (unpaired) electrons. The maximum Gasteiger partial charge on any atom is 0.251 e. The highest BCUT2D eigenvalue weighted by molar-refractivity contribution is 5.97. The van der Waals surface area contributed by atoms with Gasteiger partial charge in [-0.3, -0.25) is 9.59 Å². The molecule has 3 rings (SSSR count). The van der Waals surface area contributed by atoms with Crippen LogP contribution in [0, 0.1) is 0 Å². The molecule has 0 spiro atoms. The van der Waals surface area contributed by atoms with Gasteiger partial charge in [-0.2, -0.15) is 0 Å². The Hall–Kier alpha value is -2.96. The number of furan rings is 1. The molecule has 120 valence electrons. The number of hydrogen-bond donors (Lipinski definition) is 2. The van der Waals surface area contributed by atoms with Crippen molar-refractivity contribution in [1.82, 2.24) is 10.6 Å². The number of benzene rings is 1. The van der Waals surface area contributed by atoms with Crippen LogP contribution < -0.4 is 20.1 Å². The summed E-state index contributed by atoms with van der Waals surface area (Å²) < 4.78 is 15.9. The Bertz CT molecular complexity index is 697. The molecule has 0 aliphatic carbocycles. The number of rotatable bonds is 5. The van der Waals surface area contributed by atoms with Crippen LogP contribution in [0.5, 0.6) is 11.5 Å². The highest BCUT2D eigenvalue weighted by Gasteiger charge is 2.15. The number of nitrogens with one attached hydrogen (secondary N) is 2. The zero-order valence-corrected chi connectivity index (χ0v) is 12.3. The predicted molar refractivity (Wildman–Crippen MR) is 80.3 cm³/mol. The minimum atomic E-state index is -0.352. The molecule has 1 aliphatic rings. The Morgan fingerprint density at radius 3 is 2.65 bits per heavy atom. The van der Waals surface area contributed by atoms with Crippen LogP contribution in [0.4, 0.5) is 0 Å². The Labute approximate surface area is 132 Å². The summed E-state index contributed by atoms with van der Waals surface area (Å²) in [6, 6.07) is 8.41. The zero-order chi connectivity index (χ0) is 16.1. The van der Waals surface area contributed by atoms with Crippen LogP contribution in [-0.2, 0) is 11.3 Å². The van der Waals surface area contributed by atoms with Crippen molar-refractivity contribution in [3.8, 4) is 11.5 Å². The van der Waals surface area contributed by atoms with Crippen molar-refractivity contribution in [3.05, 3.63) is 47.9 Å². The summed E-state index contributed by atoms with van der Waals surface area (Å²) in [5, 5.41) is 5.21. The molecule has 7 nitrogen and oxygen atoms in total. The fourth-order valence-electron chi connectivity index (χ4n) is 2.11. The topological polar surface area (TPSA) is 89.8 Å². The van der Waals surface area contributed by atoms with E-state index in [-0.39, 0.29) is 24.9 Å². The molecule has 0 saturated heterocycles. The third-order valence-electron chi connectivity index (χ3n) is 3.25. The molecular weight excluding hydrogens is 300 g/mol. The van der Waals surface area contributed by atoms with Crippen molar-refractivity contribution in [1.29, 1.82) is 0 Å². The van der Waals surface area contributed by atoms with Gasteiger partial charge in [-0.25, -0.2) is 0 Å². The number of amides is 2. The second-order valence-electron chi connectivity index (χ2n) is 4.90. The minimum Gasteiger partial charge on any atom is -0.486 e. The maximum atomic E-state index is 12.1. The highest BCUT2D eigenvalue weighted by Crippen LogP contribution is 2.30. The molecule has 7 heteroatoms. The first kappa shape index (κ1) is 15.0. The summed E-state index contributed by atoms with van der Waals surface area (Å²) in [7, 11) is 0. The van der Waals surface area contributed by atoms with Gasteiger partial charge in [0.15, 0.2) is 11.5 Å². The van der Waals surface area contributed by atoms with E-state index < -0.39 is 0 Å². The summed E-state index contributed by atoms with van der Waals surface area (Å²) in [5.41, 5.74) is 0.410. The Kier molecular flexibility index (Phi) is 4.46.